The molecule has 0 amide bonds. The van der Waals surface area contributed by atoms with Crippen molar-refractivity contribution in [2.75, 3.05) is 13.1 Å². The number of likely N-dealkylation sites (tertiary alicyclic amines) is 1. The molecule has 25 heavy (non-hydrogen) atoms. The fourth-order valence-electron chi connectivity index (χ4n) is 10.1. The second-order valence-electron chi connectivity index (χ2n) is 10.7. The predicted octanol–water partition coefficient (Wildman–Crippen LogP) is 2.82. The van der Waals surface area contributed by atoms with Crippen LogP contribution >= 0.6 is 0 Å². The molecule has 6 saturated carbocycles. The SMILES string of the molecule is C=C1[C@H]2CC[C@]3([C@@H]([C@H]2O)[C@@]24CCC[C@@]5(C)CN(CC)[C@@H]2[C@@H]3C[C@H]54)[C@H]1O. The van der Waals surface area contributed by atoms with E-state index in [1.807, 2.05) is 0 Å². The molecular weight excluding hydrogens is 310 g/mol. The average molecular weight is 344 g/mol. The van der Waals surface area contributed by atoms with Crippen molar-refractivity contribution in [3.05, 3.63) is 12.2 Å². The molecule has 7 fully saturated rings. The lowest BCUT2D eigenvalue weighted by Crippen LogP contribution is -2.69. The highest BCUT2D eigenvalue weighted by Gasteiger charge is 2.84. The summed E-state index contributed by atoms with van der Waals surface area (Å²) in [6.45, 7) is 11.5. The third-order valence-corrected chi connectivity index (χ3v) is 10.5. The lowest BCUT2D eigenvalue weighted by molar-refractivity contribution is -0.227. The zero-order valence-corrected chi connectivity index (χ0v) is 15.7. The topological polar surface area (TPSA) is 43.7 Å². The van der Waals surface area contributed by atoms with Gasteiger partial charge in [0.2, 0.25) is 0 Å². The van der Waals surface area contributed by atoms with Gasteiger partial charge in [0.05, 0.1) is 12.2 Å². The monoisotopic (exact) mass is 343 g/mol. The van der Waals surface area contributed by atoms with Gasteiger partial charge in [-0.3, -0.25) is 4.90 Å². The smallest absolute Gasteiger partial charge is 0.0814 e. The predicted molar refractivity (Wildman–Crippen MR) is 96.8 cm³/mol. The minimum absolute atomic E-state index is 0.0809. The number of rotatable bonds is 1. The van der Waals surface area contributed by atoms with Crippen molar-refractivity contribution in [3.63, 3.8) is 0 Å². The van der Waals surface area contributed by atoms with Gasteiger partial charge in [-0.1, -0.05) is 26.8 Å². The second kappa shape index (κ2) is 4.36. The molecule has 2 spiro atoms. The highest BCUT2D eigenvalue weighted by atomic mass is 16.3. The Labute approximate surface area is 151 Å². The van der Waals surface area contributed by atoms with E-state index < -0.39 is 0 Å². The molecule has 7 bridgehead atoms. The number of nitrogens with zero attached hydrogens (tertiary/aromatic N) is 1. The Kier molecular flexibility index (Phi) is 2.73. The van der Waals surface area contributed by atoms with Gasteiger partial charge in [0.15, 0.2) is 0 Å². The Morgan fingerprint density at radius 1 is 1.20 bits per heavy atom. The first-order chi connectivity index (χ1) is 11.9. The number of fused-ring (bicyclic) bond motifs is 2. The van der Waals surface area contributed by atoms with Gasteiger partial charge < -0.3 is 10.2 Å². The fourth-order valence-corrected chi connectivity index (χ4v) is 10.1. The molecule has 1 saturated heterocycles. The summed E-state index contributed by atoms with van der Waals surface area (Å²) in [7, 11) is 0. The normalized spacial score (nSPS) is 64.6. The lowest BCUT2D eigenvalue weighted by atomic mass is 9.39. The number of piperidine rings is 1. The minimum Gasteiger partial charge on any atom is -0.392 e. The van der Waals surface area contributed by atoms with E-state index in [-0.39, 0.29) is 29.0 Å². The van der Waals surface area contributed by atoms with Crippen LogP contribution in [0.15, 0.2) is 12.2 Å². The summed E-state index contributed by atoms with van der Waals surface area (Å²) in [5.41, 5.74) is 1.54. The van der Waals surface area contributed by atoms with Gasteiger partial charge in [0.1, 0.15) is 0 Å². The molecule has 2 N–H and O–H groups in total. The molecule has 138 valence electrons. The van der Waals surface area contributed by atoms with Crippen molar-refractivity contribution in [2.24, 2.45) is 39.9 Å². The molecule has 3 nitrogen and oxygen atoms in total. The third-order valence-electron chi connectivity index (χ3n) is 10.5. The summed E-state index contributed by atoms with van der Waals surface area (Å²) in [5, 5.41) is 22.9. The highest BCUT2D eigenvalue weighted by Crippen LogP contribution is 2.83. The number of hydrogen-bond donors (Lipinski definition) is 2. The van der Waals surface area contributed by atoms with Crippen molar-refractivity contribution in [3.8, 4) is 0 Å². The van der Waals surface area contributed by atoms with Crippen LogP contribution in [0.25, 0.3) is 0 Å². The number of hydrogen-bond acceptors (Lipinski definition) is 3. The van der Waals surface area contributed by atoms with Gasteiger partial charge in [-0.05, 0) is 66.9 Å². The quantitative estimate of drug-likeness (QED) is 0.720. The van der Waals surface area contributed by atoms with Crippen LogP contribution in [0.2, 0.25) is 0 Å². The maximum Gasteiger partial charge on any atom is 0.0814 e. The Bertz CT molecular complexity index is 662. The number of aliphatic hydroxyl groups excluding tert-OH is 2. The van der Waals surface area contributed by atoms with E-state index in [0.717, 1.165) is 30.9 Å². The first-order valence-corrected chi connectivity index (χ1v) is 10.7. The molecule has 10 atom stereocenters. The zero-order chi connectivity index (χ0) is 17.4. The van der Waals surface area contributed by atoms with Crippen LogP contribution in [0.5, 0.6) is 0 Å². The molecule has 0 aromatic heterocycles. The second-order valence-corrected chi connectivity index (χ2v) is 10.7. The largest absolute Gasteiger partial charge is 0.392 e. The van der Waals surface area contributed by atoms with Gasteiger partial charge in [0.25, 0.3) is 0 Å². The fraction of sp³-hybridized carbons (Fsp3) is 0.909. The van der Waals surface area contributed by atoms with Gasteiger partial charge >= 0.3 is 0 Å². The Morgan fingerprint density at radius 3 is 2.76 bits per heavy atom. The third kappa shape index (κ3) is 1.34. The molecule has 0 unspecified atom stereocenters. The van der Waals surface area contributed by atoms with Crippen molar-refractivity contribution in [1.82, 2.24) is 4.90 Å². The Balaban J connectivity index is 1.60. The summed E-state index contributed by atoms with van der Waals surface area (Å²) in [6, 6.07) is 0.592. The van der Waals surface area contributed by atoms with Gasteiger partial charge in [-0.2, -0.15) is 0 Å². The Hall–Kier alpha value is -0.380. The van der Waals surface area contributed by atoms with Crippen molar-refractivity contribution < 1.29 is 10.2 Å². The van der Waals surface area contributed by atoms with Crippen LogP contribution in [-0.2, 0) is 0 Å². The molecule has 3 heteroatoms. The van der Waals surface area contributed by atoms with E-state index in [2.05, 4.69) is 25.3 Å². The van der Waals surface area contributed by atoms with Gasteiger partial charge in [-0.15, -0.1) is 0 Å². The summed E-state index contributed by atoms with van der Waals surface area (Å²) in [6.07, 6.45) is 6.75. The lowest BCUT2D eigenvalue weighted by Gasteiger charge is -2.68. The van der Waals surface area contributed by atoms with Crippen LogP contribution in [0.3, 0.4) is 0 Å². The van der Waals surface area contributed by atoms with E-state index in [1.165, 1.54) is 32.2 Å². The molecule has 1 heterocycles. The van der Waals surface area contributed by atoms with E-state index in [1.54, 1.807) is 0 Å². The van der Waals surface area contributed by atoms with Crippen LogP contribution in [0.1, 0.15) is 52.4 Å². The molecule has 6 aliphatic carbocycles. The molecule has 7 aliphatic rings. The molecule has 0 radical (unpaired) electrons. The van der Waals surface area contributed by atoms with Gasteiger partial charge in [0, 0.05) is 29.8 Å². The highest BCUT2D eigenvalue weighted by molar-refractivity contribution is 5.38. The van der Waals surface area contributed by atoms with Gasteiger partial charge in [-0.25, -0.2) is 0 Å². The maximum atomic E-state index is 11.5. The van der Waals surface area contributed by atoms with Crippen LogP contribution in [0.4, 0.5) is 0 Å². The average Bonchev–Trinajstić information content (AvgIpc) is 2.99. The standard InChI is InChI=1S/C22H33NO2/c1-4-23-11-20(3)7-5-8-22-15(20)10-14(18(22)23)21-9-6-13(12(2)19(21)25)16(24)17(21)22/h13-19,24-25H,2,4-11H2,1,3H3/t13-,14+,15-,16+,17-,18-,19+,20+,21+,22+/m1/s1. The van der Waals surface area contributed by atoms with E-state index in [9.17, 15) is 10.2 Å². The summed E-state index contributed by atoms with van der Waals surface area (Å²) in [5.74, 6) is 1.77. The van der Waals surface area contributed by atoms with Crippen LogP contribution < -0.4 is 0 Å². The van der Waals surface area contributed by atoms with E-state index >= 15 is 0 Å². The molecule has 0 aromatic rings. The van der Waals surface area contributed by atoms with Crippen molar-refractivity contribution >= 4 is 0 Å². The molecular formula is C22H33NO2. The van der Waals surface area contributed by atoms with E-state index in [4.69, 9.17) is 0 Å². The Morgan fingerprint density at radius 2 is 2.00 bits per heavy atom. The maximum absolute atomic E-state index is 11.5. The first kappa shape index (κ1) is 15.7. The molecule has 0 aromatic carbocycles. The number of aliphatic hydroxyl groups is 2. The summed E-state index contributed by atoms with van der Waals surface area (Å²) < 4.78 is 0. The van der Waals surface area contributed by atoms with Crippen molar-refractivity contribution in [2.45, 2.75) is 70.6 Å². The first-order valence-electron chi connectivity index (χ1n) is 10.7. The molecule has 1 aliphatic heterocycles. The summed E-state index contributed by atoms with van der Waals surface area (Å²) >= 11 is 0. The molecule has 7 rings (SSSR count). The summed E-state index contributed by atoms with van der Waals surface area (Å²) in [4.78, 5) is 2.77. The minimum atomic E-state index is -0.377. The van der Waals surface area contributed by atoms with E-state index in [0.29, 0.717) is 23.3 Å². The zero-order valence-electron chi connectivity index (χ0n) is 15.7. The van der Waals surface area contributed by atoms with Crippen LogP contribution in [-0.4, -0.2) is 46.5 Å². The van der Waals surface area contributed by atoms with Crippen LogP contribution in [0, 0.1) is 39.9 Å². The van der Waals surface area contributed by atoms with Crippen molar-refractivity contribution in [1.29, 1.82) is 0 Å².